The first kappa shape index (κ1) is 14.1. The number of ether oxygens (including phenoxy) is 1. The molecule has 2 nitrogen and oxygen atoms in total. The summed E-state index contributed by atoms with van der Waals surface area (Å²) in [6.07, 6.45) is 1.03. The monoisotopic (exact) mass is 359 g/mol. The first-order valence-corrected chi connectivity index (χ1v) is 7.50. The molecule has 1 N–H and O–H groups in total. The lowest BCUT2D eigenvalue weighted by atomic mass is 9.94. The van der Waals surface area contributed by atoms with Crippen molar-refractivity contribution < 1.29 is 4.74 Å². The topological polar surface area (TPSA) is 21.3 Å². The summed E-state index contributed by atoms with van der Waals surface area (Å²) in [7, 11) is 0. The summed E-state index contributed by atoms with van der Waals surface area (Å²) in [6, 6.07) is 6.86. The largest absolute Gasteiger partial charge is 0.379 e. The van der Waals surface area contributed by atoms with E-state index >= 15 is 0 Å². The van der Waals surface area contributed by atoms with Crippen molar-refractivity contribution in [2.24, 2.45) is 0 Å². The van der Waals surface area contributed by atoms with Crippen molar-refractivity contribution >= 4 is 28.3 Å². The predicted molar refractivity (Wildman–Crippen MR) is 85.2 cm³/mol. The summed E-state index contributed by atoms with van der Waals surface area (Å²) >= 11 is 2.35. The third kappa shape index (κ3) is 2.99. The molecule has 0 radical (unpaired) electrons. The maximum absolute atomic E-state index is 6.13. The molecular formula is C15H22INO. The maximum atomic E-state index is 6.13. The second-order valence-corrected chi connectivity index (χ2v) is 7.57. The fourth-order valence-electron chi connectivity index (χ4n) is 2.72. The van der Waals surface area contributed by atoms with Crippen LogP contribution in [0.2, 0.25) is 0 Å². The van der Waals surface area contributed by atoms with Gasteiger partial charge >= 0.3 is 0 Å². The van der Waals surface area contributed by atoms with Gasteiger partial charge in [-0.2, -0.15) is 0 Å². The van der Waals surface area contributed by atoms with Gasteiger partial charge < -0.3 is 10.1 Å². The highest BCUT2D eigenvalue weighted by atomic mass is 127. The zero-order chi connectivity index (χ0) is 13.6. The summed E-state index contributed by atoms with van der Waals surface area (Å²) in [4.78, 5) is 0. The van der Waals surface area contributed by atoms with E-state index in [4.69, 9.17) is 4.74 Å². The van der Waals surface area contributed by atoms with Crippen molar-refractivity contribution in [1.29, 1.82) is 0 Å². The summed E-state index contributed by atoms with van der Waals surface area (Å²) in [6.45, 7) is 10.8. The number of aryl methyl sites for hydroxylation is 1. The number of hydrogen-bond donors (Lipinski definition) is 1. The Bertz CT molecular complexity index is 454. The van der Waals surface area contributed by atoms with E-state index in [0.29, 0.717) is 6.04 Å². The van der Waals surface area contributed by atoms with Crippen LogP contribution in [0.15, 0.2) is 18.2 Å². The number of halogens is 1. The van der Waals surface area contributed by atoms with Crippen LogP contribution in [-0.4, -0.2) is 17.2 Å². The Hall–Kier alpha value is -0.290. The molecule has 0 spiro atoms. The Kier molecular flexibility index (Phi) is 3.67. The molecule has 1 saturated heterocycles. The van der Waals surface area contributed by atoms with Crippen LogP contribution in [0.5, 0.6) is 0 Å². The van der Waals surface area contributed by atoms with Crippen LogP contribution in [0, 0.1) is 10.5 Å². The van der Waals surface area contributed by atoms with E-state index in [0.717, 1.165) is 6.42 Å². The normalized spacial score (nSPS) is 25.1. The van der Waals surface area contributed by atoms with Crippen LogP contribution in [0.3, 0.4) is 0 Å². The molecule has 1 atom stereocenters. The van der Waals surface area contributed by atoms with Gasteiger partial charge in [-0.25, -0.2) is 0 Å². The average Bonchev–Trinajstić information content (AvgIpc) is 2.40. The molecule has 0 saturated carbocycles. The molecule has 1 aliphatic rings. The van der Waals surface area contributed by atoms with Crippen LogP contribution in [0.25, 0.3) is 0 Å². The molecule has 1 fully saturated rings. The van der Waals surface area contributed by atoms with Crippen LogP contribution < -0.4 is 5.32 Å². The smallest absolute Gasteiger partial charge is 0.0834 e. The fraction of sp³-hybridized carbons (Fsp3) is 0.600. The number of rotatable bonds is 2. The molecule has 1 aromatic rings. The van der Waals surface area contributed by atoms with Crippen molar-refractivity contribution in [3.05, 3.63) is 27.3 Å². The highest BCUT2D eigenvalue weighted by Gasteiger charge is 2.45. The van der Waals surface area contributed by atoms with Gasteiger partial charge in [0.1, 0.15) is 0 Å². The number of hydrogen-bond acceptors (Lipinski definition) is 2. The van der Waals surface area contributed by atoms with E-state index in [1.807, 2.05) is 0 Å². The highest BCUT2D eigenvalue weighted by Crippen LogP contribution is 2.39. The van der Waals surface area contributed by atoms with Crippen molar-refractivity contribution in [2.75, 3.05) is 5.32 Å². The van der Waals surface area contributed by atoms with Gasteiger partial charge in [-0.05, 0) is 81.3 Å². The van der Waals surface area contributed by atoms with Gasteiger partial charge in [-0.1, -0.05) is 6.07 Å². The van der Waals surface area contributed by atoms with Gasteiger partial charge in [0.25, 0.3) is 0 Å². The molecule has 1 aromatic carbocycles. The maximum Gasteiger partial charge on any atom is 0.0834 e. The molecule has 1 aliphatic heterocycles. The number of anilines is 1. The summed E-state index contributed by atoms with van der Waals surface area (Å²) in [5, 5.41) is 3.67. The Morgan fingerprint density at radius 1 is 1.28 bits per heavy atom. The SMILES string of the molecule is Cc1ccc(I)cc1NC1CC(C)(C)OC1(C)C. The number of nitrogens with one attached hydrogen (secondary N) is 1. The average molecular weight is 359 g/mol. The highest BCUT2D eigenvalue weighted by molar-refractivity contribution is 14.1. The lowest BCUT2D eigenvalue weighted by Crippen LogP contribution is -2.38. The van der Waals surface area contributed by atoms with Gasteiger partial charge in [0, 0.05) is 9.26 Å². The second-order valence-electron chi connectivity index (χ2n) is 6.33. The van der Waals surface area contributed by atoms with Crippen LogP contribution >= 0.6 is 22.6 Å². The fourth-order valence-corrected chi connectivity index (χ4v) is 3.22. The van der Waals surface area contributed by atoms with Gasteiger partial charge in [0.2, 0.25) is 0 Å². The Morgan fingerprint density at radius 3 is 2.50 bits per heavy atom. The van der Waals surface area contributed by atoms with Crippen LogP contribution in [0.1, 0.15) is 39.7 Å². The standard InChI is InChI=1S/C15H22INO/c1-10-6-7-11(16)8-12(10)17-13-9-14(2,3)18-15(13,4)5/h6-8,13,17H,9H2,1-5H3. The summed E-state index contributed by atoms with van der Waals surface area (Å²) < 4.78 is 7.39. The van der Waals surface area contributed by atoms with Gasteiger partial charge in [-0.15, -0.1) is 0 Å². The van der Waals surface area contributed by atoms with Crippen molar-refractivity contribution in [2.45, 2.75) is 58.3 Å². The molecule has 100 valence electrons. The van der Waals surface area contributed by atoms with Gasteiger partial charge in [-0.3, -0.25) is 0 Å². The second kappa shape index (κ2) is 4.67. The molecule has 3 heteroatoms. The number of benzene rings is 1. The van der Waals surface area contributed by atoms with E-state index in [2.05, 4.69) is 80.7 Å². The van der Waals surface area contributed by atoms with E-state index in [1.54, 1.807) is 0 Å². The Labute approximate surface area is 124 Å². The van der Waals surface area contributed by atoms with E-state index in [9.17, 15) is 0 Å². The quantitative estimate of drug-likeness (QED) is 0.793. The molecule has 1 unspecified atom stereocenters. The van der Waals surface area contributed by atoms with Crippen LogP contribution in [-0.2, 0) is 4.74 Å². The predicted octanol–water partition coefficient (Wildman–Crippen LogP) is 4.36. The molecule has 0 aromatic heterocycles. The molecule has 0 bridgehead atoms. The third-order valence-electron chi connectivity index (χ3n) is 3.60. The lowest BCUT2D eigenvalue weighted by Gasteiger charge is -2.29. The molecule has 0 aliphatic carbocycles. The minimum atomic E-state index is -0.128. The molecule has 18 heavy (non-hydrogen) atoms. The minimum Gasteiger partial charge on any atom is -0.379 e. The third-order valence-corrected chi connectivity index (χ3v) is 4.27. The Morgan fingerprint density at radius 2 is 1.94 bits per heavy atom. The molecule has 2 rings (SSSR count). The van der Waals surface area contributed by atoms with Gasteiger partial charge in [0.05, 0.1) is 17.2 Å². The van der Waals surface area contributed by atoms with E-state index < -0.39 is 0 Å². The first-order valence-electron chi connectivity index (χ1n) is 6.42. The zero-order valence-electron chi connectivity index (χ0n) is 11.8. The minimum absolute atomic E-state index is 0.0446. The lowest BCUT2D eigenvalue weighted by molar-refractivity contribution is -0.0662. The van der Waals surface area contributed by atoms with Crippen molar-refractivity contribution in [1.82, 2.24) is 0 Å². The van der Waals surface area contributed by atoms with Crippen LogP contribution in [0.4, 0.5) is 5.69 Å². The van der Waals surface area contributed by atoms with E-state index in [-0.39, 0.29) is 11.2 Å². The van der Waals surface area contributed by atoms with Crippen molar-refractivity contribution in [3.8, 4) is 0 Å². The first-order chi connectivity index (χ1) is 8.20. The molecular weight excluding hydrogens is 337 g/mol. The Balaban J connectivity index is 2.21. The molecule has 1 heterocycles. The van der Waals surface area contributed by atoms with Crippen molar-refractivity contribution in [3.63, 3.8) is 0 Å². The summed E-state index contributed by atoms with van der Waals surface area (Å²) in [5.74, 6) is 0. The molecule has 0 amide bonds. The van der Waals surface area contributed by atoms with Gasteiger partial charge in [0.15, 0.2) is 0 Å². The zero-order valence-corrected chi connectivity index (χ0v) is 14.0. The summed E-state index contributed by atoms with van der Waals surface area (Å²) in [5.41, 5.74) is 2.34. The van der Waals surface area contributed by atoms with E-state index in [1.165, 1.54) is 14.8 Å².